The molecular formula is C13H15BrN4O. The van der Waals surface area contributed by atoms with Crippen LogP contribution in [0.2, 0.25) is 0 Å². The van der Waals surface area contributed by atoms with Crippen molar-refractivity contribution in [2.24, 2.45) is 0 Å². The Balaban J connectivity index is 2.39. The van der Waals surface area contributed by atoms with Crippen LogP contribution in [0.15, 0.2) is 29.3 Å². The Bertz CT molecular complexity index is 574. The third-order valence-electron chi connectivity index (χ3n) is 2.56. The van der Waals surface area contributed by atoms with Crippen molar-refractivity contribution >= 4 is 21.7 Å². The molecule has 0 saturated carbocycles. The predicted molar refractivity (Wildman–Crippen MR) is 77.7 cm³/mol. The van der Waals surface area contributed by atoms with Gasteiger partial charge in [-0.1, -0.05) is 13.8 Å². The lowest BCUT2D eigenvalue weighted by Crippen LogP contribution is -2.04. The van der Waals surface area contributed by atoms with Crippen molar-refractivity contribution in [2.45, 2.75) is 19.8 Å². The van der Waals surface area contributed by atoms with Gasteiger partial charge in [-0.25, -0.2) is 9.97 Å². The Labute approximate surface area is 120 Å². The highest BCUT2D eigenvalue weighted by atomic mass is 79.9. The molecule has 0 saturated heterocycles. The van der Waals surface area contributed by atoms with Crippen molar-refractivity contribution in [1.82, 2.24) is 15.0 Å². The van der Waals surface area contributed by atoms with Crippen molar-refractivity contribution in [3.05, 3.63) is 34.8 Å². The number of nitrogens with one attached hydrogen (secondary N) is 1. The number of halogens is 1. The Morgan fingerprint density at radius 2 is 2.05 bits per heavy atom. The van der Waals surface area contributed by atoms with Gasteiger partial charge in [0.05, 0.1) is 11.8 Å². The van der Waals surface area contributed by atoms with Crippen LogP contribution in [-0.4, -0.2) is 22.0 Å². The minimum atomic E-state index is 0.249. The number of rotatable bonds is 4. The highest BCUT2D eigenvalue weighted by Gasteiger charge is 2.16. The molecule has 2 heterocycles. The van der Waals surface area contributed by atoms with Gasteiger partial charge < -0.3 is 10.1 Å². The minimum Gasteiger partial charge on any atom is -0.437 e. The molecule has 0 spiro atoms. The van der Waals surface area contributed by atoms with Gasteiger partial charge in [0.25, 0.3) is 0 Å². The molecule has 0 fully saturated rings. The maximum absolute atomic E-state index is 5.81. The smallest absolute Gasteiger partial charge is 0.227 e. The topological polar surface area (TPSA) is 59.9 Å². The largest absolute Gasteiger partial charge is 0.437 e. The summed E-state index contributed by atoms with van der Waals surface area (Å²) in [4.78, 5) is 12.5. The van der Waals surface area contributed by atoms with Crippen molar-refractivity contribution in [3.63, 3.8) is 0 Å². The molecule has 19 heavy (non-hydrogen) atoms. The Hall–Kier alpha value is -1.69. The second kappa shape index (κ2) is 5.97. The lowest BCUT2D eigenvalue weighted by atomic mass is 10.1. The van der Waals surface area contributed by atoms with E-state index in [1.807, 2.05) is 13.1 Å². The van der Waals surface area contributed by atoms with Crippen LogP contribution in [-0.2, 0) is 0 Å². The van der Waals surface area contributed by atoms with Gasteiger partial charge in [0, 0.05) is 17.7 Å². The summed E-state index contributed by atoms with van der Waals surface area (Å²) < 4.78 is 6.67. The van der Waals surface area contributed by atoms with Gasteiger partial charge in [-0.2, -0.15) is 0 Å². The van der Waals surface area contributed by atoms with Crippen LogP contribution in [0.4, 0.5) is 5.82 Å². The number of ether oxygens (including phenoxy) is 1. The summed E-state index contributed by atoms with van der Waals surface area (Å²) in [6.45, 7) is 4.15. The summed E-state index contributed by atoms with van der Waals surface area (Å²) in [5.41, 5.74) is 0.949. The molecule has 0 unspecified atom stereocenters. The van der Waals surface area contributed by atoms with Crippen LogP contribution in [0.3, 0.4) is 0 Å². The molecule has 0 aliphatic carbocycles. The van der Waals surface area contributed by atoms with Gasteiger partial charge >= 0.3 is 0 Å². The molecule has 2 aromatic heterocycles. The molecule has 0 aliphatic heterocycles. The lowest BCUT2D eigenvalue weighted by Gasteiger charge is -2.15. The zero-order chi connectivity index (χ0) is 13.8. The fourth-order valence-corrected chi connectivity index (χ4v) is 2.08. The van der Waals surface area contributed by atoms with E-state index in [1.54, 1.807) is 12.4 Å². The number of hydrogen-bond acceptors (Lipinski definition) is 5. The zero-order valence-corrected chi connectivity index (χ0v) is 12.6. The van der Waals surface area contributed by atoms with Crippen LogP contribution in [0.25, 0.3) is 0 Å². The summed E-state index contributed by atoms with van der Waals surface area (Å²) >= 11 is 3.36. The van der Waals surface area contributed by atoms with Gasteiger partial charge in [0.15, 0.2) is 0 Å². The van der Waals surface area contributed by atoms with Gasteiger partial charge in [-0.05, 0) is 27.9 Å². The summed E-state index contributed by atoms with van der Waals surface area (Å²) in [6, 6.07) is 1.85. The van der Waals surface area contributed by atoms with Crippen molar-refractivity contribution in [1.29, 1.82) is 0 Å². The Morgan fingerprint density at radius 3 is 2.68 bits per heavy atom. The highest BCUT2D eigenvalue weighted by molar-refractivity contribution is 9.10. The van der Waals surface area contributed by atoms with Crippen LogP contribution in [0.5, 0.6) is 11.6 Å². The number of pyridine rings is 1. The normalized spacial score (nSPS) is 10.6. The van der Waals surface area contributed by atoms with E-state index in [0.717, 1.165) is 15.9 Å². The third kappa shape index (κ3) is 3.20. The number of hydrogen-bond donors (Lipinski definition) is 1. The Kier molecular flexibility index (Phi) is 4.31. The SMILES string of the molecule is CNc1ncnc(Oc2cncc(Br)c2)c1C(C)C. The molecule has 0 radical (unpaired) electrons. The van der Waals surface area contributed by atoms with Gasteiger partial charge in [-0.3, -0.25) is 4.98 Å². The lowest BCUT2D eigenvalue weighted by molar-refractivity contribution is 0.449. The molecule has 2 aromatic rings. The second-order valence-corrected chi connectivity index (χ2v) is 5.20. The van der Waals surface area contributed by atoms with E-state index in [4.69, 9.17) is 4.74 Å². The van der Waals surface area contributed by atoms with E-state index < -0.39 is 0 Å². The first-order chi connectivity index (χ1) is 9.11. The molecule has 0 amide bonds. The fourth-order valence-electron chi connectivity index (χ4n) is 1.74. The van der Waals surface area contributed by atoms with Gasteiger partial charge in [-0.15, -0.1) is 0 Å². The van der Waals surface area contributed by atoms with Gasteiger partial charge in [0.1, 0.15) is 17.9 Å². The second-order valence-electron chi connectivity index (χ2n) is 4.29. The van der Waals surface area contributed by atoms with Crippen molar-refractivity contribution in [3.8, 4) is 11.6 Å². The molecule has 1 N–H and O–H groups in total. The molecule has 0 aromatic carbocycles. The monoisotopic (exact) mass is 322 g/mol. The van der Waals surface area contributed by atoms with Crippen LogP contribution in [0.1, 0.15) is 25.3 Å². The van der Waals surface area contributed by atoms with E-state index in [-0.39, 0.29) is 5.92 Å². The van der Waals surface area contributed by atoms with Crippen molar-refractivity contribution in [2.75, 3.05) is 12.4 Å². The summed E-state index contributed by atoms with van der Waals surface area (Å²) in [6.07, 6.45) is 4.84. The molecule has 100 valence electrons. The number of anilines is 1. The molecule has 6 heteroatoms. The average Bonchev–Trinajstić information content (AvgIpc) is 2.38. The van der Waals surface area contributed by atoms with Crippen molar-refractivity contribution < 1.29 is 4.74 Å². The van der Waals surface area contributed by atoms with E-state index >= 15 is 0 Å². The maximum atomic E-state index is 5.81. The standard InChI is InChI=1S/C13H15BrN4O/c1-8(2)11-12(15-3)17-7-18-13(11)19-10-4-9(14)5-16-6-10/h4-8H,1-3H3,(H,15,17,18). The first kappa shape index (κ1) is 13.7. The van der Waals surface area contributed by atoms with E-state index in [0.29, 0.717) is 11.6 Å². The third-order valence-corrected chi connectivity index (χ3v) is 2.99. The first-order valence-electron chi connectivity index (χ1n) is 5.93. The van der Waals surface area contributed by atoms with E-state index in [9.17, 15) is 0 Å². The molecule has 5 nitrogen and oxygen atoms in total. The summed E-state index contributed by atoms with van der Waals surface area (Å²) in [5.74, 6) is 2.22. The summed E-state index contributed by atoms with van der Waals surface area (Å²) in [5, 5.41) is 3.06. The Morgan fingerprint density at radius 1 is 1.26 bits per heavy atom. The van der Waals surface area contributed by atoms with Gasteiger partial charge in [0.2, 0.25) is 5.88 Å². The zero-order valence-electron chi connectivity index (χ0n) is 11.0. The molecule has 0 aliphatic rings. The maximum Gasteiger partial charge on any atom is 0.227 e. The van der Waals surface area contributed by atoms with Crippen LogP contribution in [0, 0.1) is 0 Å². The molecule has 0 atom stereocenters. The van der Waals surface area contributed by atoms with Crippen LogP contribution < -0.4 is 10.1 Å². The highest BCUT2D eigenvalue weighted by Crippen LogP contribution is 2.32. The first-order valence-corrected chi connectivity index (χ1v) is 6.72. The molecule has 2 rings (SSSR count). The average molecular weight is 323 g/mol. The molecule has 0 bridgehead atoms. The summed E-state index contributed by atoms with van der Waals surface area (Å²) in [7, 11) is 1.83. The quantitative estimate of drug-likeness (QED) is 0.932. The van der Waals surface area contributed by atoms with E-state index in [1.165, 1.54) is 6.33 Å². The molecular weight excluding hydrogens is 308 g/mol. The minimum absolute atomic E-state index is 0.249. The fraction of sp³-hybridized carbons (Fsp3) is 0.308. The number of aromatic nitrogens is 3. The van der Waals surface area contributed by atoms with E-state index in [2.05, 4.69) is 50.0 Å². The predicted octanol–water partition coefficient (Wildman–Crippen LogP) is 3.59. The number of nitrogens with zero attached hydrogens (tertiary/aromatic N) is 3. The van der Waals surface area contributed by atoms with Crippen LogP contribution >= 0.6 is 15.9 Å².